The van der Waals surface area contributed by atoms with Gasteiger partial charge >= 0.3 is 15.6 Å². The van der Waals surface area contributed by atoms with Gasteiger partial charge in [-0.1, -0.05) is 0 Å². The van der Waals surface area contributed by atoms with Gasteiger partial charge in [-0.25, -0.2) is 0 Å². The van der Waals surface area contributed by atoms with Crippen LogP contribution < -0.4 is 15.2 Å². The minimum Gasteiger partial charge on any atom is -0.398 e. The molecule has 0 amide bonds. The Morgan fingerprint density at radius 2 is 1.79 bits per heavy atom. The molecule has 0 saturated carbocycles. The van der Waals surface area contributed by atoms with E-state index in [1.165, 1.54) is 13.3 Å². The van der Waals surface area contributed by atoms with Crippen LogP contribution in [0.4, 0.5) is 18.9 Å². The predicted octanol–water partition coefficient (Wildman–Crippen LogP) is 1.75. The normalized spacial score (nSPS) is 13.3. The van der Waals surface area contributed by atoms with Crippen molar-refractivity contribution in [2.24, 2.45) is 0 Å². The molecule has 10 heteroatoms. The van der Waals surface area contributed by atoms with E-state index in [2.05, 4.69) is 4.18 Å². The minimum atomic E-state index is -5.76. The van der Waals surface area contributed by atoms with E-state index in [1.54, 1.807) is 0 Å². The molecule has 0 aromatic heterocycles. The Bertz CT molecular complexity index is 635. The molecule has 0 fully saturated rings. The van der Waals surface area contributed by atoms with E-state index in [9.17, 15) is 26.2 Å². The fraction of sp³-hybridized carbons (Fsp3) is 0.333. The summed E-state index contributed by atoms with van der Waals surface area (Å²) in [5.41, 5.74) is 0.0827. The van der Waals surface area contributed by atoms with Crippen molar-refractivity contribution in [3.05, 3.63) is 18.2 Å². The Balaban J connectivity index is 3.23. The molecule has 0 spiro atoms. The van der Waals surface area contributed by atoms with Crippen molar-refractivity contribution in [3.8, 4) is 5.75 Å². The van der Waals surface area contributed by atoms with Gasteiger partial charge in [0, 0.05) is 11.0 Å². The summed E-state index contributed by atoms with van der Waals surface area (Å²) in [7, 11) is -8.63. The first-order valence-corrected chi connectivity index (χ1v) is 8.81. The van der Waals surface area contributed by atoms with Gasteiger partial charge in [-0.15, -0.1) is 0 Å². The first-order chi connectivity index (χ1) is 8.34. The topological polar surface area (TPSA) is 86.5 Å². The summed E-state index contributed by atoms with van der Waals surface area (Å²) in [6.07, 6.45) is 0. The van der Waals surface area contributed by atoms with Crippen molar-refractivity contribution in [2.45, 2.75) is 5.51 Å². The summed E-state index contributed by atoms with van der Waals surface area (Å²) in [6, 6.07) is 3.02. The van der Waals surface area contributed by atoms with E-state index in [0.717, 1.165) is 18.2 Å². The number of anilines is 1. The van der Waals surface area contributed by atoms with Crippen LogP contribution in [0.5, 0.6) is 5.75 Å². The second-order valence-electron chi connectivity index (χ2n) is 4.05. The Morgan fingerprint density at radius 3 is 2.21 bits per heavy atom. The van der Waals surface area contributed by atoms with Gasteiger partial charge in [-0.05, 0) is 31.5 Å². The largest absolute Gasteiger partial charge is 0.534 e. The predicted molar refractivity (Wildman–Crippen MR) is 65.5 cm³/mol. The lowest BCUT2D eigenvalue weighted by Gasteiger charge is -2.13. The summed E-state index contributed by atoms with van der Waals surface area (Å²) >= 11 is 0. The Morgan fingerprint density at radius 1 is 1.26 bits per heavy atom. The number of rotatable bonds is 3. The number of hydrogen-bond donors (Lipinski definition) is 1. The lowest BCUT2D eigenvalue weighted by Crippen LogP contribution is -2.28. The molecular formula is C9H11F3NO4PS. The Kier molecular flexibility index (Phi) is 3.93. The molecule has 2 N–H and O–H groups in total. The molecule has 0 bridgehead atoms. The molecule has 0 radical (unpaired) electrons. The van der Waals surface area contributed by atoms with E-state index in [4.69, 9.17) is 5.73 Å². The maximum atomic E-state index is 12.1. The van der Waals surface area contributed by atoms with Crippen molar-refractivity contribution >= 4 is 28.3 Å². The zero-order chi connectivity index (χ0) is 15.1. The van der Waals surface area contributed by atoms with Crippen molar-refractivity contribution in [1.29, 1.82) is 0 Å². The Labute approximate surface area is 108 Å². The highest BCUT2D eigenvalue weighted by Gasteiger charge is 2.48. The highest BCUT2D eigenvalue weighted by molar-refractivity contribution is 7.88. The number of hydrogen-bond acceptors (Lipinski definition) is 5. The van der Waals surface area contributed by atoms with Crippen LogP contribution in [0.1, 0.15) is 0 Å². The lowest BCUT2D eigenvalue weighted by atomic mass is 10.3. The van der Waals surface area contributed by atoms with Crippen LogP contribution in [-0.4, -0.2) is 27.3 Å². The number of nitrogens with two attached hydrogens (primary N) is 1. The minimum absolute atomic E-state index is 0.0578. The third-order valence-electron chi connectivity index (χ3n) is 2.07. The second kappa shape index (κ2) is 4.72. The van der Waals surface area contributed by atoms with Crippen molar-refractivity contribution in [1.82, 2.24) is 0 Å². The van der Waals surface area contributed by atoms with Crippen LogP contribution in [0.2, 0.25) is 0 Å². The van der Waals surface area contributed by atoms with Gasteiger partial charge in [0.2, 0.25) is 0 Å². The van der Waals surface area contributed by atoms with Crippen LogP contribution in [0.3, 0.4) is 0 Å². The molecule has 108 valence electrons. The monoisotopic (exact) mass is 317 g/mol. The quantitative estimate of drug-likeness (QED) is 0.397. The molecule has 5 nitrogen and oxygen atoms in total. The maximum Gasteiger partial charge on any atom is 0.534 e. The number of alkyl halides is 3. The maximum absolute atomic E-state index is 12.1. The molecule has 0 heterocycles. The highest BCUT2D eigenvalue weighted by atomic mass is 32.2. The van der Waals surface area contributed by atoms with Crippen LogP contribution in [0, 0.1) is 0 Å². The van der Waals surface area contributed by atoms with E-state index in [-0.39, 0.29) is 11.0 Å². The van der Waals surface area contributed by atoms with Gasteiger partial charge in [0.25, 0.3) is 0 Å². The Hall–Kier alpha value is -1.21. The lowest BCUT2D eigenvalue weighted by molar-refractivity contribution is -0.0500. The van der Waals surface area contributed by atoms with Gasteiger partial charge < -0.3 is 14.5 Å². The summed E-state index contributed by atoms with van der Waals surface area (Å²) in [4.78, 5) is 0. The van der Waals surface area contributed by atoms with Crippen LogP contribution in [0.15, 0.2) is 18.2 Å². The summed E-state index contributed by atoms with van der Waals surface area (Å²) in [5.74, 6) is -0.592. The zero-order valence-corrected chi connectivity index (χ0v) is 11.6. The molecule has 0 atom stereocenters. The average molecular weight is 317 g/mol. The summed E-state index contributed by atoms with van der Waals surface area (Å²) in [6.45, 7) is 2.70. The summed E-state index contributed by atoms with van der Waals surface area (Å²) in [5, 5.41) is 0.0578. The van der Waals surface area contributed by atoms with E-state index in [1.807, 2.05) is 0 Å². The van der Waals surface area contributed by atoms with E-state index < -0.39 is 28.5 Å². The standard InChI is InChI=1S/C9H11F3NO4PS/c1-18(2,14)8-5-6(3-4-7(8)13)17-19(15,16)9(10,11)12/h3-5H,13H2,1-2H3. The van der Waals surface area contributed by atoms with Gasteiger partial charge in [0.15, 0.2) is 0 Å². The molecule has 1 aromatic carbocycles. The van der Waals surface area contributed by atoms with Crippen LogP contribution >= 0.6 is 7.14 Å². The van der Waals surface area contributed by atoms with E-state index in [0.29, 0.717) is 0 Å². The van der Waals surface area contributed by atoms with Crippen molar-refractivity contribution in [3.63, 3.8) is 0 Å². The van der Waals surface area contributed by atoms with Gasteiger partial charge in [0.1, 0.15) is 12.9 Å². The smallest absolute Gasteiger partial charge is 0.398 e. The van der Waals surface area contributed by atoms with Crippen LogP contribution in [-0.2, 0) is 14.7 Å². The van der Waals surface area contributed by atoms with Crippen molar-refractivity contribution < 1.29 is 30.3 Å². The van der Waals surface area contributed by atoms with Crippen LogP contribution in [0.25, 0.3) is 0 Å². The number of nitrogen functional groups attached to an aromatic ring is 1. The molecule has 0 aliphatic heterocycles. The fourth-order valence-electron chi connectivity index (χ4n) is 1.22. The molecule has 1 aromatic rings. The van der Waals surface area contributed by atoms with Gasteiger partial charge in [-0.2, -0.15) is 21.6 Å². The zero-order valence-electron chi connectivity index (χ0n) is 9.93. The fourth-order valence-corrected chi connectivity index (χ4v) is 2.80. The van der Waals surface area contributed by atoms with Gasteiger partial charge in [-0.3, -0.25) is 0 Å². The third-order valence-corrected chi connectivity index (χ3v) is 4.60. The van der Waals surface area contributed by atoms with Crippen molar-refractivity contribution in [2.75, 3.05) is 19.1 Å². The second-order valence-corrected chi connectivity index (χ2v) is 8.78. The van der Waals surface area contributed by atoms with Gasteiger partial charge in [0.05, 0.1) is 0 Å². The molecule has 0 aliphatic rings. The molecule has 0 saturated heterocycles. The first-order valence-electron chi connectivity index (χ1n) is 4.80. The SMILES string of the molecule is CP(C)(=O)c1cc(OS(=O)(=O)C(F)(F)F)ccc1N. The first kappa shape index (κ1) is 15.8. The third kappa shape index (κ3) is 3.63. The van der Waals surface area contributed by atoms with E-state index >= 15 is 0 Å². The molecule has 19 heavy (non-hydrogen) atoms. The average Bonchev–Trinajstić information content (AvgIpc) is 2.17. The number of halogens is 3. The molecule has 1 rings (SSSR count). The summed E-state index contributed by atoms with van der Waals surface area (Å²) < 4.78 is 73.8. The molecule has 0 unspecified atom stereocenters. The highest BCUT2D eigenvalue weighted by Crippen LogP contribution is 2.38. The molecular weight excluding hydrogens is 306 g/mol. The number of benzene rings is 1. The molecule has 0 aliphatic carbocycles.